The lowest BCUT2D eigenvalue weighted by atomic mass is 10.1. The first-order chi connectivity index (χ1) is 8.81. The Bertz CT molecular complexity index is 362. The summed E-state index contributed by atoms with van der Waals surface area (Å²) in [4.78, 5) is 2.61. The smallest absolute Gasteiger partial charge is 0.0239 e. The molecule has 2 rings (SSSR count). The molecule has 2 heteroatoms. The highest BCUT2D eigenvalue weighted by atomic mass is 15.2. The van der Waals surface area contributed by atoms with Crippen molar-refractivity contribution in [1.82, 2.24) is 10.2 Å². The van der Waals surface area contributed by atoms with E-state index in [0.29, 0.717) is 0 Å². The second-order valence-corrected chi connectivity index (χ2v) is 5.41. The van der Waals surface area contributed by atoms with E-state index in [0.717, 1.165) is 25.7 Å². The molecule has 1 saturated heterocycles. The van der Waals surface area contributed by atoms with Crippen molar-refractivity contribution < 1.29 is 0 Å². The van der Waals surface area contributed by atoms with Crippen LogP contribution in [0.5, 0.6) is 0 Å². The first-order valence-electron chi connectivity index (χ1n) is 7.32. The molecule has 0 amide bonds. The van der Waals surface area contributed by atoms with Gasteiger partial charge in [-0.1, -0.05) is 31.2 Å². The van der Waals surface area contributed by atoms with Gasteiger partial charge in [-0.2, -0.15) is 0 Å². The molecule has 18 heavy (non-hydrogen) atoms. The minimum absolute atomic E-state index is 0.752. The highest BCUT2D eigenvalue weighted by Crippen LogP contribution is 2.21. The Balaban J connectivity index is 1.98. The quantitative estimate of drug-likeness (QED) is 0.776. The largest absolute Gasteiger partial charge is 0.313 e. The van der Waals surface area contributed by atoms with Crippen LogP contribution in [0.2, 0.25) is 0 Å². The summed E-state index contributed by atoms with van der Waals surface area (Å²) >= 11 is 0. The van der Waals surface area contributed by atoms with E-state index in [1.807, 2.05) is 0 Å². The maximum atomic E-state index is 3.51. The van der Waals surface area contributed by atoms with Gasteiger partial charge in [0.25, 0.3) is 0 Å². The number of hydrogen-bond donors (Lipinski definition) is 1. The molecular formula is C16H26N2. The summed E-state index contributed by atoms with van der Waals surface area (Å²) in [5.74, 6) is 0. The summed E-state index contributed by atoms with van der Waals surface area (Å²) in [5.41, 5.74) is 2.96. The van der Waals surface area contributed by atoms with Crippen LogP contribution in [-0.2, 0) is 13.1 Å². The van der Waals surface area contributed by atoms with Gasteiger partial charge in [0.05, 0.1) is 0 Å². The lowest BCUT2D eigenvalue weighted by Crippen LogP contribution is -2.27. The molecule has 100 valence electrons. The topological polar surface area (TPSA) is 15.3 Å². The molecular weight excluding hydrogens is 220 g/mol. The molecule has 1 N–H and O–H groups in total. The molecule has 0 saturated carbocycles. The van der Waals surface area contributed by atoms with Crippen molar-refractivity contribution in [3.8, 4) is 0 Å². The molecule has 1 aliphatic rings. The van der Waals surface area contributed by atoms with Gasteiger partial charge in [0, 0.05) is 19.1 Å². The fourth-order valence-electron chi connectivity index (χ4n) is 2.73. The molecule has 1 aliphatic heterocycles. The molecule has 1 aromatic carbocycles. The van der Waals surface area contributed by atoms with Gasteiger partial charge in [-0.05, 0) is 50.4 Å². The zero-order chi connectivity index (χ0) is 12.8. The van der Waals surface area contributed by atoms with Gasteiger partial charge in [-0.25, -0.2) is 0 Å². The standard InChI is InChI=1S/C16H26N2/c1-3-10-17-12-15-8-4-5-9-16(15)13-18-11-6-7-14(18)2/h4-5,8-9,14,17H,3,6-7,10-13H2,1-2H3. The maximum absolute atomic E-state index is 3.51. The summed E-state index contributed by atoms with van der Waals surface area (Å²) in [7, 11) is 0. The Kier molecular flexibility index (Phi) is 5.21. The average molecular weight is 246 g/mol. The van der Waals surface area contributed by atoms with E-state index in [1.54, 1.807) is 0 Å². The number of likely N-dealkylation sites (tertiary alicyclic amines) is 1. The van der Waals surface area contributed by atoms with Crippen molar-refractivity contribution in [3.63, 3.8) is 0 Å². The normalized spacial score (nSPS) is 20.4. The first kappa shape index (κ1) is 13.6. The van der Waals surface area contributed by atoms with Crippen LogP contribution < -0.4 is 5.32 Å². The SMILES string of the molecule is CCCNCc1ccccc1CN1CCCC1C. The molecule has 0 aromatic heterocycles. The van der Waals surface area contributed by atoms with E-state index in [1.165, 1.54) is 36.9 Å². The molecule has 1 unspecified atom stereocenters. The average Bonchev–Trinajstić information content (AvgIpc) is 2.78. The van der Waals surface area contributed by atoms with Gasteiger partial charge in [0.2, 0.25) is 0 Å². The molecule has 1 heterocycles. The molecule has 0 bridgehead atoms. The second kappa shape index (κ2) is 6.91. The number of benzene rings is 1. The third-order valence-electron chi connectivity index (χ3n) is 3.92. The van der Waals surface area contributed by atoms with E-state index in [2.05, 4.69) is 48.3 Å². The second-order valence-electron chi connectivity index (χ2n) is 5.41. The molecule has 0 aliphatic carbocycles. The molecule has 1 fully saturated rings. The summed E-state index contributed by atoms with van der Waals surface area (Å²) in [6, 6.07) is 9.62. The van der Waals surface area contributed by atoms with Crippen LogP contribution in [0.1, 0.15) is 44.2 Å². The Hall–Kier alpha value is -0.860. The van der Waals surface area contributed by atoms with Gasteiger partial charge in [-0.15, -0.1) is 0 Å². The van der Waals surface area contributed by atoms with Gasteiger partial charge in [0.15, 0.2) is 0 Å². The Labute approximate surface area is 111 Å². The van der Waals surface area contributed by atoms with Crippen LogP contribution in [0.3, 0.4) is 0 Å². The highest BCUT2D eigenvalue weighted by Gasteiger charge is 2.20. The molecule has 0 radical (unpaired) electrons. The fourth-order valence-corrected chi connectivity index (χ4v) is 2.73. The number of nitrogens with zero attached hydrogens (tertiary/aromatic N) is 1. The summed E-state index contributed by atoms with van der Waals surface area (Å²) < 4.78 is 0. The first-order valence-corrected chi connectivity index (χ1v) is 7.32. The van der Waals surface area contributed by atoms with Crippen molar-refractivity contribution in [2.24, 2.45) is 0 Å². The van der Waals surface area contributed by atoms with Crippen LogP contribution in [0, 0.1) is 0 Å². The molecule has 0 spiro atoms. The van der Waals surface area contributed by atoms with E-state index >= 15 is 0 Å². The summed E-state index contributed by atoms with van der Waals surface area (Å²) in [5, 5.41) is 3.51. The third kappa shape index (κ3) is 3.56. The zero-order valence-corrected chi connectivity index (χ0v) is 11.8. The van der Waals surface area contributed by atoms with E-state index in [9.17, 15) is 0 Å². The summed E-state index contributed by atoms with van der Waals surface area (Å²) in [6.45, 7) is 9.06. The number of nitrogens with one attached hydrogen (secondary N) is 1. The molecule has 1 aromatic rings. The van der Waals surface area contributed by atoms with E-state index in [4.69, 9.17) is 0 Å². The summed E-state index contributed by atoms with van der Waals surface area (Å²) in [6.07, 6.45) is 3.92. The van der Waals surface area contributed by atoms with Crippen molar-refractivity contribution in [1.29, 1.82) is 0 Å². The Morgan fingerprint density at radius 2 is 2.06 bits per heavy atom. The highest BCUT2D eigenvalue weighted by molar-refractivity contribution is 5.27. The Morgan fingerprint density at radius 1 is 1.28 bits per heavy atom. The monoisotopic (exact) mass is 246 g/mol. The predicted octanol–water partition coefficient (Wildman–Crippen LogP) is 3.17. The van der Waals surface area contributed by atoms with Gasteiger partial charge in [0.1, 0.15) is 0 Å². The Morgan fingerprint density at radius 3 is 2.72 bits per heavy atom. The van der Waals surface area contributed by atoms with Gasteiger partial charge < -0.3 is 5.32 Å². The minimum atomic E-state index is 0.752. The van der Waals surface area contributed by atoms with Crippen LogP contribution in [0.15, 0.2) is 24.3 Å². The van der Waals surface area contributed by atoms with Gasteiger partial charge in [-0.3, -0.25) is 4.90 Å². The van der Waals surface area contributed by atoms with Crippen molar-refractivity contribution >= 4 is 0 Å². The fraction of sp³-hybridized carbons (Fsp3) is 0.625. The molecule has 2 nitrogen and oxygen atoms in total. The van der Waals surface area contributed by atoms with Crippen molar-refractivity contribution in [3.05, 3.63) is 35.4 Å². The zero-order valence-electron chi connectivity index (χ0n) is 11.8. The molecule has 1 atom stereocenters. The lowest BCUT2D eigenvalue weighted by Gasteiger charge is -2.22. The minimum Gasteiger partial charge on any atom is -0.313 e. The van der Waals surface area contributed by atoms with Crippen LogP contribution in [0.4, 0.5) is 0 Å². The van der Waals surface area contributed by atoms with Gasteiger partial charge >= 0.3 is 0 Å². The predicted molar refractivity (Wildman–Crippen MR) is 77.5 cm³/mol. The van der Waals surface area contributed by atoms with Crippen LogP contribution in [0.25, 0.3) is 0 Å². The van der Waals surface area contributed by atoms with Crippen LogP contribution in [-0.4, -0.2) is 24.0 Å². The maximum Gasteiger partial charge on any atom is 0.0239 e. The third-order valence-corrected chi connectivity index (χ3v) is 3.92. The van der Waals surface area contributed by atoms with E-state index < -0.39 is 0 Å². The lowest BCUT2D eigenvalue weighted by molar-refractivity contribution is 0.259. The van der Waals surface area contributed by atoms with Crippen molar-refractivity contribution in [2.45, 2.75) is 52.2 Å². The van der Waals surface area contributed by atoms with Crippen molar-refractivity contribution in [2.75, 3.05) is 13.1 Å². The van der Waals surface area contributed by atoms with E-state index in [-0.39, 0.29) is 0 Å². The number of rotatable bonds is 6. The number of hydrogen-bond acceptors (Lipinski definition) is 2. The van der Waals surface area contributed by atoms with Crippen LogP contribution >= 0.6 is 0 Å².